The number of hydrogen-bond donors (Lipinski definition) is 1. The zero-order valence-corrected chi connectivity index (χ0v) is 7.48. The largest absolute Gasteiger partial charge is 0.468 e. The second kappa shape index (κ2) is 3.91. The van der Waals surface area contributed by atoms with Gasteiger partial charge in [0.05, 0.1) is 18.9 Å². The van der Waals surface area contributed by atoms with Crippen LogP contribution in [0.3, 0.4) is 0 Å². The van der Waals surface area contributed by atoms with Gasteiger partial charge in [-0.15, -0.1) is 0 Å². The molecule has 0 aromatic carbocycles. The van der Waals surface area contributed by atoms with Crippen LogP contribution in [0.15, 0.2) is 22.8 Å². The van der Waals surface area contributed by atoms with Gasteiger partial charge in [0.2, 0.25) is 0 Å². The van der Waals surface area contributed by atoms with Crippen LogP contribution >= 0.6 is 0 Å². The third kappa shape index (κ3) is 2.09. The van der Waals surface area contributed by atoms with Crippen LogP contribution in [-0.4, -0.2) is 24.1 Å². The molecule has 4 heteroatoms. The Morgan fingerprint density at radius 3 is 3.23 bits per heavy atom. The molecule has 1 aliphatic rings. The minimum Gasteiger partial charge on any atom is -0.468 e. The second-order valence-electron chi connectivity index (χ2n) is 3.36. The molecule has 0 amide bonds. The van der Waals surface area contributed by atoms with E-state index in [2.05, 4.69) is 4.90 Å². The Morgan fingerprint density at radius 1 is 1.69 bits per heavy atom. The fourth-order valence-corrected chi connectivity index (χ4v) is 1.67. The standard InChI is InChI=1S/C9H14N2O2/c10-13-9-3-4-11(7-9)6-8-2-1-5-12-8/h1-2,5,9H,3-4,6-7,10H2. The van der Waals surface area contributed by atoms with Crippen molar-refractivity contribution in [2.24, 2.45) is 5.90 Å². The lowest BCUT2D eigenvalue weighted by atomic mass is 10.3. The van der Waals surface area contributed by atoms with Crippen molar-refractivity contribution >= 4 is 0 Å². The summed E-state index contributed by atoms with van der Waals surface area (Å²) in [6.45, 7) is 2.78. The van der Waals surface area contributed by atoms with E-state index in [1.807, 2.05) is 12.1 Å². The number of nitrogens with two attached hydrogens (primary N) is 1. The molecule has 0 spiro atoms. The molecule has 72 valence electrons. The summed E-state index contributed by atoms with van der Waals surface area (Å²) in [6.07, 6.45) is 2.90. The number of furan rings is 1. The highest BCUT2D eigenvalue weighted by molar-refractivity contribution is 4.98. The van der Waals surface area contributed by atoms with Gasteiger partial charge < -0.3 is 4.42 Å². The van der Waals surface area contributed by atoms with Gasteiger partial charge in [-0.05, 0) is 18.6 Å². The molecule has 1 aromatic heterocycles. The molecule has 0 saturated carbocycles. The van der Waals surface area contributed by atoms with Gasteiger partial charge in [0, 0.05) is 13.1 Å². The summed E-state index contributed by atoms with van der Waals surface area (Å²) < 4.78 is 5.25. The SMILES string of the molecule is NOC1CCN(Cc2ccco2)C1. The molecule has 13 heavy (non-hydrogen) atoms. The maximum Gasteiger partial charge on any atom is 0.117 e. The number of likely N-dealkylation sites (tertiary alicyclic amines) is 1. The number of hydrogen-bond acceptors (Lipinski definition) is 4. The molecule has 0 radical (unpaired) electrons. The van der Waals surface area contributed by atoms with E-state index in [0.717, 1.165) is 31.8 Å². The van der Waals surface area contributed by atoms with Crippen molar-refractivity contribution in [3.63, 3.8) is 0 Å². The minimum absolute atomic E-state index is 0.190. The second-order valence-corrected chi connectivity index (χ2v) is 3.36. The summed E-state index contributed by atoms with van der Waals surface area (Å²) in [6, 6.07) is 3.89. The van der Waals surface area contributed by atoms with Crippen LogP contribution in [0.5, 0.6) is 0 Å². The summed E-state index contributed by atoms with van der Waals surface area (Å²) >= 11 is 0. The van der Waals surface area contributed by atoms with Gasteiger partial charge in [0.25, 0.3) is 0 Å². The van der Waals surface area contributed by atoms with Gasteiger partial charge in [-0.2, -0.15) is 0 Å². The molecule has 4 nitrogen and oxygen atoms in total. The Kier molecular flexibility index (Phi) is 2.63. The summed E-state index contributed by atoms with van der Waals surface area (Å²) in [4.78, 5) is 7.06. The monoisotopic (exact) mass is 182 g/mol. The zero-order valence-electron chi connectivity index (χ0n) is 7.48. The average Bonchev–Trinajstić information content (AvgIpc) is 2.76. The maximum absolute atomic E-state index is 5.25. The summed E-state index contributed by atoms with van der Waals surface area (Å²) in [5, 5.41) is 0. The fourth-order valence-electron chi connectivity index (χ4n) is 1.67. The van der Waals surface area contributed by atoms with Crippen molar-refractivity contribution in [2.75, 3.05) is 13.1 Å². The van der Waals surface area contributed by atoms with Gasteiger partial charge in [-0.1, -0.05) is 0 Å². The van der Waals surface area contributed by atoms with Crippen LogP contribution in [0.25, 0.3) is 0 Å². The topological polar surface area (TPSA) is 51.6 Å². The molecule has 0 bridgehead atoms. The number of nitrogens with zero attached hydrogens (tertiary/aromatic N) is 1. The van der Waals surface area contributed by atoms with Crippen molar-refractivity contribution in [3.8, 4) is 0 Å². The Bertz CT molecular complexity index is 248. The quantitative estimate of drug-likeness (QED) is 0.701. The van der Waals surface area contributed by atoms with Crippen molar-refractivity contribution in [3.05, 3.63) is 24.2 Å². The molecule has 1 aromatic rings. The highest BCUT2D eigenvalue weighted by Crippen LogP contribution is 2.14. The third-order valence-corrected chi connectivity index (χ3v) is 2.38. The molecule has 0 aliphatic carbocycles. The van der Waals surface area contributed by atoms with E-state index < -0.39 is 0 Å². The van der Waals surface area contributed by atoms with Gasteiger partial charge in [-0.25, -0.2) is 5.90 Å². The lowest BCUT2D eigenvalue weighted by molar-refractivity contribution is 0.0584. The summed E-state index contributed by atoms with van der Waals surface area (Å²) in [5.41, 5.74) is 0. The molecule has 2 heterocycles. The average molecular weight is 182 g/mol. The molecule has 1 fully saturated rings. The predicted octanol–water partition coefficient (Wildman–Crippen LogP) is 0.744. The van der Waals surface area contributed by atoms with Crippen LogP contribution in [0.1, 0.15) is 12.2 Å². The van der Waals surface area contributed by atoms with E-state index in [4.69, 9.17) is 15.2 Å². The first-order chi connectivity index (χ1) is 6.38. The van der Waals surface area contributed by atoms with E-state index in [0.29, 0.717) is 0 Å². The molecule has 2 N–H and O–H groups in total. The first-order valence-electron chi connectivity index (χ1n) is 4.49. The highest BCUT2D eigenvalue weighted by Gasteiger charge is 2.22. The lowest BCUT2D eigenvalue weighted by Gasteiger charge is -2.12. The third-order valence-electron chi connectivity index (χ3n) is 2.38. The highest BCUT2D eigenvalue weighted by atomic mass is 16.6. The summed E-state index contributed by atoms with van der Waals surface area (Å²) in [7, 11) is 0. The summed E-state index contributed by atoms with van der Waals surface area (Å²) in [5.74, 6) is 6.12. The maximum atomic E-state index is 5.25. The molecule has 1 aliphatic heterocycles. The van der Waals surface area contributed by atoms with Crippen LogP contribution < -0.4 is 5.90 Å². The predicted molar refractivity (Wildman–Crippen MR) is 47.7 cm³/mol. The minimum atomic E-state index is 0.190. The Hall–Kier alpha value is -0.840. The lowest BCUT2D eigenvalue weighted by Crippen LogP contribution is -2.24. The van der Waals surface area contributed by atoms with E-state index in [1.54, 1.807) is 6.26 Å². The Labute approximate surface area is 77.2 Å². The van der Waals surface area contributed by atoms with Crippen molar-refractivity contribution in [1.82, 2.24) is 4.90 Å². The normalized spacial score (nSPS) is 23.9. The molecule has 1 atom stereocenters. The molecular formula is C9H14N2O2. The van der Waals surface area contributed by atoms with Gasteiger partial charge in [0.15, 0.2) is 0 Å². The zero-order chi connectivity index (χ0) is 9.10. The van der Waals surface area contributed by atoms with E-state index in [1.165, 1.54) is 0 Å². The van der Waals surface area contributed by atoms with Gasteiger partial charge in [0.1, 0.15) is 5.76 Å². The van der Waals surface area contributed by atoms with Crippen LogP contribution in [0.4, 0.5) is 0 Å². The van der Waals surface area contributed by atoms with Gasteiger partial charge in [-0.3, -0.25) is 9.74 Å². The smallest absolute Gasteiger partial charge is 0.117 e. The van der Waals surface area contributed by atoms with Crippen LogP contribution in [0, 0.1) is 0 Å². The molecule has 1 saturated heterocycles. The van der Waals surface area contributed by atoms with Crippen LogP contribution in [-0.2, 0) is 11.4 Å². The Balaban J connectivity index is 1.84. The first-order valence-corrected chi connectivity index (χ1v) is 4.49. The molecule has 1 unspecified atom stereocenters. The van der Waals surface area contributed by atoms with E-state index in [-0.39, 0.29) is 6.10 Å². The van der Waals surface area contributed by atoms with Crippen molar-refractivity contribution < 1.29 is 9.25 Å². The first kappa shape index (κ1) is 8.74. The molecule has 2 rings (SSSR count). The van der Waals surface area contributed by atoms with Gasteiger partial charge >= 0.3 is 0 Å². The van der Waals surface area contributed by atoms with Crippen molar-refractivity contribution in [1.29, 1.82) is 0 Å². The number of rotatable bonds is 3. The van der Waals surface area contributed by atoms with E-state index in [9.17, 15) is 0 Å². The van der Waals surface area contributed by atoms with E-state index >= 15 is 0 Å². The molecular weight excluding hydrogens is 168 g/mol. The van der Waals surface area contributed by atoms with Crippen molar-refractivity contribution in [2.45, 2.75) is 19.1 Å². The van der Waals surface area contributed by atoms with Crippen LogP contribution in [0.2, 0.25) is 0 Å². The fraction of sp³-hybridized carbons (Fsp3) is 0.556. The Morgan fingerprint density at radius 2 is 2.62 bits per heavy atom.